The highest BCUT2D eigenvalue weighted by Gasteiger charge is 2.45. The number of hydrogen-bond donors (Lipinski definition) is 1. The van der Waals surface area contributed by atoms with Crippen molar-refractivity contribution in [1.29, 1.82) is 0 Å². The fourth-order valence-corrected chi connectivity index (χ4v) is 6.60. The number of aromatic amines is 1. The van der Waals surface area contributed by atoms with Gasteiger partial charge in [-0.2, -0.15) is 15.4 Å². The van der Waals surface area contributed by atoms with E-state index < -0.39 is 0 Å². The van der Waals surface area contributed by atoms with Gasteiger partial charge in [0, 0.05) is 75.0 Å². The average Bonchev–Trinajstić information content (AvgIpc) is 3.33. The predicted molar refractivity (Wildman–Crippen MR) is 132 cm³/mol. The number of fused-ring (bicyclic) bond motifs is 2. The molecule has 10 nitrogen and oxygen atoms in total. The number of carbonyl (C=O) groups is 2. The number of nitrogens with zero attached hydrogens (tertiary/aromatic N) is 5. The number of amides is 2. The maximum atomic E-state index is 13.5. The number of nitrogens with one attached hydrogen (secondary N) is 1. The third-order valence-corrected chi connectivity index (χ3v) is 8.90. The van der Waals surface area contributed by atoms with Gasteiger partial charge in [0.15, 0.2) is 0 Å². The minimum absolute atomic E-state index is 0.0112. The predicted octanol–water partition coefficient (Wildman–Crippen LogP) is 1.97. The molecule has 1 N–H and O–H groups in total. The molecule has 0 radical (unpaired) electrons. The Morgan fingerprint density at radius 2 is 1.68 bits per heavy atom. The van der Waals surface area contributed by atoms with E-state index in [0.717, 1.165) is 81.8 Å². The number of likely N-dealkylation sites (tertiary alicyclic amines) is 2. The van der Waals surface area contributed by atoms with Gasteiger partial charge in [-0.3, -0.25) is 9.59 Å². The molecule has 3 aliphatic heterocycles. The largest absolute Gasteiger partial charge is 0.474 e. The highest BCUT2D eigenvalue weighted by atomic mass is 16.5. The summed E-state index contributed by atoms with van der Waals surface area (Å²) in [5.41, 5.74) is 3.67. The molecule has 3 saturated heterocycles. The van der Waals surface area contributed by atoms with Crippen LogP contribution in [0.3, 0.4) is 0 Å². The molecule has 2 aliphatic carbocycles. The van der Waals surface area contributed by atoms with Crippen LogP contribution >= 0.6 is 0 Å². The molecule has 0 aromatic carbocycles. The second-order valence-corrected chi connectivity index (χ2v) is 11.5. The summed E-state index contributed by atoms with van der Waals surface area (Å²) in [6, 6.07) is 2.02. The topological polar surface area (TPSA) is 114 Å². The monoisotopic (exact) mass is 506 g/mol. The number of aromatic nitrogens is 4. The first kappa shape index (κ1) is 23.1. The van der Waals surface area contributed by atoms with E-state index >= 15 is 0 Å². The van der Waals surface area contributed by atoms with E-state index in [2.05, 4.69) is 20.4 Å². The summed E-state index contributed by atoms with van der Waals surface area (Å²) in [5, 5.41) is 11.1. The number of carbonyl (C=O) groups excluding carboxylic acids is 2. The summed E-state index contributed by atoms with van der Waals surface area (Å²) in [4.78, 5) is 35.3. The quantitative estimate of drug-likeness (QED) is 0.660. The Bertz CT molecular complexity index is 1180. The SMILES string of the molecule is O=C(c1cnc(OC2CCOCC2)c(C2CC2)c1)N1C[C@@H]2CN(C(=O)[C@@H]3CCc4n[nH]nc4C3)C[C@H]2C1. The summed E-state index contributed by atoms with van der Waals surface area (Å²) in [6.07, 6.45) is 8.14. The molecular formula is C27H34N6O4. The molecule has 2 aromatic rings. The lowest BCUT2D eigenvalue weighted by Crippen LogP contribution is -2.40. The molecule has 4 fully saturated rings. The van der Waals surface area contributed by atoms with Crippen molar-refractivity contribution in [2.45, 2.75) is 57.0 Å². The van der Waals surface area contributed by atoms with Crippen molar-refractivity contribution in [2.75, 3.05) is 39.4 Å². The van der Waals surface area contributed by atoms with Gasteiger partial charge in [-0.25, -0.2) is 4.98 Å². The minimum Gasteiger partial charge on any atom is -0.474 e. The van der Waals surface area contributed by atoms with Crippen molar-refractivity contribution < 1.29 is 19.1 Å². The first-order valence-corrected chi connectivity index (χ1v) is 13.8. The van der Waals surface area contributed by atoms with Crippen LogP contribution in [0, 0.1) is 17.8 Å². The summed E-state index contributed by atoms with van der Waals surface area (Å²) < 4.78 is 11.7. The average molecular weight is 507 g/mol. The minimum atomic E-state index is -0.0112. The van der Waals surface area contributed by atoms with Crippen molar-refractivity contribution in [3.8, 4) is 5.88 Å². The van der Waals surface area contributed by atoms with E-state index in [4.69, 9.17) is 9.47 Å². The Morgan fingerprint density at radius 3 is 2.43 bits per heavy atom. The van der Waals surface area contributed by atoms with E-state index in [9.17, 15) is 9.59 Å². The molecule has 5 aliphatic rings. The number of ether oxygens (including phenoxy) is 2. The highest BCUT2D eigenvalue weighted by molar-refractivity contribution is 5.94. The van der Waals surface area contributed by atoms with Crippen molar-refractivity contribution >= 4 is 11.8 Å². The standard InChI is InChI=1S/C27H34N6O4/c34-26(17-3-4-23-24(10-17)30-31-29-23)32-12-19-14-33(15-20(19)13-32)27(35)18-9-22(16-1-2-16)25(28-11-18)37-21-5-7-36-8-6-21/h9,11,16-17,19-21H,1-8,10,12-15H2,(H,29,30,31)/t17-,19+,20+/m1/s1. The number of aryl methyl sites for hydroxylation is 1. The first-order valence-electron chi connectivity index (χ1n) is 13.8. The van der Waals surface area contributed by atoms with Gasteiger partial charge in [0.1, 0.15) is 6.10 Å². The van der Waals surface area contributed by atoms with Crippen LogP contribution in [0.15, 0.2) is 12.3 Å². The molecular weight excluding hydrogens is 472 g/mol. The molecule has 5 heterocycles. The van der Waals surface area contributed by atoms with Crippen LogP contribution in [0.5, 0.6) is 5.88 Å². The van der Waals surface area contributed by atoms with Crippen LogP contribution in [0.1, 0.15) is 65.3 Å². The van der Waals surface area contributed by atoms with E-state index in [1.165, 1.54) is 0 Å². The Morgan fingerprint density at radius 1 is 0.946 bits per heavy atom. The van der Waals surface area contributed by atoms with Crippen molar-refractivity contribution in [3.63, 3.8) is 0 Å². The molecule has 0 spiro atoms. The first-order chi connectivity index (χ1) is 18.1. The van der Waals surface area contributed by atoms with Crippen molar-refractivity contribution in [3.05, 3.63) is 34.8 Å². The van der Waals surface area contributed by atoms with Gasteiger partial charge < -0.3 is 19.3 Å². The van der Waals surface area contributed by atoms with Gasteiger partial charge in [-0.15, -0.1) is 0 Å². The van der Waals surface area contributed by atoms with Gasteiger partial charge in [0.05, 0.1) is 30.2 Å². The lowest BCUT2D eigenvalue weighted by molar-refractivity contribution is -0.135. The Balaban J connectivity index is 0.981. The van der Waals surface area contributed by atoms with E-state index in [0.29, 0.717) is 48.7 Å². The van der Waals surface area contributed by atoms with Gasteiger partial charge in [-0.05, 0) is 37.7 Å². The van der Waals surface area contributed by atoms with Gasteiger partial charge in [0.2, 0.25) is 11.8 Å². The lowest BCUT2D eigenvalue weighted by Gasteiger charge is -2.27. The van der Waals surface area contributed by atoms with Crippen LogP contribution in [-0.2, 0) is 22.4 Å². The van der Waals surface area contributed by atoms with Crippen LogP contribution in [-0.4, -0.2) is 87.5 Å². The van der Waals surface area contributed by atoms with E-state index in [1.807, 2.05) is 15.9 Å². The molecule has 37 heavy (non-hydrogen) atoms. The maximum absolute atomic E-state index is 13.5. The van der Waals surface area contributed by atoms with E-state index in [1.54, 1.807) is 6.20 Å². The van der Waals surface area contributed by atoms with Crippen LogP contribution in [0.4, 0.5) is 0 Å². The smallest absolute Gasteiger partial charge is 0.255 e. The molecule has 0 unspecified atom stereocenters. The Labute approximate surface area is 216 Å². The molecule has 3 atom stereocenters. The lowest BCUT2D eigenvalue weighted by atomic mass is 9.89. The Kier molecular flexibility index (Phi) is 5.86. The van der Waals surface area contributed by atoms with Gasteiger partial charge in [-0.1, -0.05) is 0 Å². The second-order valence-electron chi connectivity index (χ2n) is 11.5. The normalized spacial score (nSPS) is 27.7. The zero-order chi connectivity index (χ0) is 24.9. The summed E-state index contributed by atoms with van der Waals surface area (Å²) >= 11 is 0. The number of pyridine rings is 1. The third-order valence-electron chi connectivity index (χ3n) is 8.90. The van der Waals surface area contributed by atoms with Crippen LogP contribution < -0.4 is 4.74 Å². The number of rotatable bonds is 5. The fraction of sp³-hybridized carbons (Fsp3) is 0.667. The highest BCUT2D eigenvalue weighted by Crippen LogP contribution is 2.44. The summed E-state index contributed by atoms with van der Waals surface area (Å²) in [6.45, 7) is 4.32. The van der Waals surface area contributed by atoms with Crippen LogP contribution in [0.2, 0.25) is 0 Å². The molecule has 2 amide bonds. The van der Waals surface area contributed by atoms with Crippen molar-refractivity contribution in [1.82, 2.24) is 30.2 Å². The van der Waals surface area contributed by atoms with Crippen LogP contribution in [0.25, 0.3) is 0 Å². The maximum Gasteiger partial charge on any atom is 0.255 e. The Hall–Kier alpha value is -3.01. The molecule has 0 bridgehead atoms. The molecule has 1 saturated carbocycles. The second kappa shape index (κ2) is 9.38. The van der Waals surface area contributed by atoms with Gasteiger partial charge >= 0.3 is 0 Å². The molecule has 10 heteroatoms. The fourth-order valence-electron chi connectivity index (χ4n) is 6.60. The zero-order valence-corrected chi connectivity index (χ0v) is 21.1. The van der Waals surface area contributed by atoms with Gasteiger partial charge in [0.25, 0.3) is 5.91 Å². The number of hydrogen-bond acceptors (Lipinski definition) is 7. The zero-order valence-electron chi connectivity index (χ0n) is 21.1. The van der Waals surface area contributed by atoms with Crippen molar-refractivity contribution in [2.24, 2.45) is 17.8 Å². The summed E-state index contributed by atoms with van der Waals surface area (Å²) in [7, 11) is 0. The molecule has 2 aromatic heterocycles. The molecule has 196 valence electrons. The molecule has 7 rings (SSSR count). The summed E-state index contributed by atoms with van der Waals surface area (Å²) in [5.74, 6) is 2.09. The number of H-pyrrole nitrogens is 1. The van der Waals surface area contributed by atoms with E-state index in [-0.39, 0.29) is 23.8 Å². The third kappa shape index (κ3) is 4.49.